The van der Waals surface area contributed by atoms with Gasteiger partial charge >= 0.3 is 0 Å². The molecule has 2 N–H and O–H groups in total. The van der Waals surface area contributed by atoms with Gasteiger partial charge in [-0.3, -0.25) is 0 Å². The molecule has 2 atom stereocenters. The second kappa shape index (κ2) is 5.86. The van der Waals surface area contributed by atoms with Crippen LogP contribution in [0.4, 0.5) is 5.69 Å². The standard InChI is InChI=1S/C16H24N2OS/c1-13-16(12-17,8-4-11-20-13)18-9-5-10-19-15-7-3-2-6-14(15)18/h2-3,6-7,13H,4-5,8-12,17H2,1H3. The lowest BCUT2D eigenvalue weighted by Gasteiger charge is -2.50. The van der Waals surface area contributed by atoms with Crippen molar-refractivity contribution in [2.45, 2.75) is 37.0 Å². The van der Waals surface area contributed by atoms with Gasteiger partial charge in [-0.15, -0.1) is 0 Å². The predicted molar refractivity (Wildman–Crippen MR) is 86.8 cm³/mol. The quantitative estimate of drug-likeness (QED) is 0.909. The highest BCUT2D eigenvalue weighted by Gasteiger charge is 2.43. The Hall–Kier alpha value is -0.870. The Morgan fingerprint density at radius 1 is 1.40 bits per heavy atom. The van der Waals surface area contributed by atoms with Crippen LogP contribution in [0.25, 0.3) is 0 Å². The molecule has 0 spiro atoms. The number of hydrogen-bond donors (Lipinski definition) is 1. The Bertz CT molecular complexity index is 468. The topological polar surface area (TPSA) is 38.5 Å². The van der Waals surface area contributed by atoms with Crippen molar-refractivity contribution in [3.8, 4) is 5.75 Å². The summed E-state index contributed by atoms with van der Waals surface area (Å²) in [5.41, 5.74) is 7.57. The lowest BCUT2D eigenvalue weighted by atomic mass is 9.86. The highest BCUT2D eigenvalue weighted by atomic mass is 32.2. The number of nitrogens with two attached hydrogens (primary N) is 1. The highest BCUT2D eigenvalue weighted by molar-refractivity contribution is 8.00. The summed E-state index contributed by atoms with van der Waals surface area (Å²) in [7, 11) is 0. The molecule has 4 heteroatoms. The number of anilines is 1. The van der Waals surface area contributed by atoms with Gasteiger partial charge in [-0.2, -0.15) is 11.8 Å². The van der Waals surface area contributed by atoms with E-state index in [2.05, 4.69) is 47.9 Å². The molecule has 20 heavy (non-hydrogen) atoms. The van der Waals surface area contributed by atoms with E-state index in [-0.39, 0.29) is 5.54 Å². The van der Waals surface area contributed by atoms with Gasteiger partial charge in [0.05, 0.1) is 17.8 Å². The molecule has 1 fully saturated rings. The zero-order valence-electron chi connectivity index (χ0n) is 12.2. The molecular weight excluding hydrogens is 268 g/mol. The van der Waals surface area contributed by atoms with E-state index in [0.29, 0.717) is 5.25 Å². The van der Waals surface area contributed by atoms with Crippen molar-refractivity contribution in [1.29, 1.82) is 0 Å². The molecule has 2 aliphatic rings. The van der Waals surface area contributed by atoms with Crippen molar-refractivity contribution in [2.75, 3.05) is 30.3 Å². The molecule has 0 amide bonds. The number of nitrogens with zero attached hydrogens (tertiary/aromatic N) is 1. The van der Waals surface area contributed by atoms with Crippen LogP contribution in [-0.4, -0.2) is 36.2 Å². The van der Waals surface area contributed by atoms with Crippen molar-refractivity contribution >= 4 is 17.4 Å². The summed E-state index contributed by atoms with van der Waals surface area (Å²) in [6.07, 6.45) is 3.51. The average Bonchev–Trinajstić information content (AvgIpc) is 2.71. The van der Waals surface area contributed by atoms with Gasteiger partial charge in [-0.05, 0) is 37.1 Å². The second-order valence-corrected chi connectivity index (χ2v) is 7.19. The number of rotatable bonds is 2. The van der Waals surface area contributed by atoms with E-state index in [9.17, 15) is 0 Å². The fourth-order valence-corrected chi connectivity index (χ4v) is 4.84. The zero-order valence-corrected chi connectivity index (χ0v) is 13.0. The average molecular weight is 292 g/mol. The minimum atomic E-state index is 0.0761. The van der Waals surface area contributed by atoms with Crippen LogP contribution in [-0.2, 0) is 0 Å². The van der Waals surface area contributed by atoms with Gasteiger partial charge in [-0.25, -0.2) is 0 Å². The van der Waals surface area contributed by atoms with E-state index in [1.807, 2.05) is 0 Å². The molecule has 1 aromatic rings. The summed E-state index contributed by atoms with van der Waals surface area (Å²) in [5, 5.41) is 0.562. The number of hydrogen-bond acceptors (Lipinski definition) is 4. The van der Waals surface area contributed by atoms with Crippen LogP contribution in [0.3, 0.4) is 0 Å². The minimum absolute atomic E-state index is 0.0761. The molecule has 1 saturated heterocycles. The third-order valence-electron chi connectivity index (χ3n) is 4.71. The molecule has 0 bridgehead atoms. The van der Waals surface area contributed by atoms with Gasteiger partial charge in [0.25, 0.3) is 0 Å². The fraction of sp³-hybridized carbons (Fsp3) is 0.625. The van der Waals surface area contributed by atoms with Gasteiger partial charge in [-0.1, -0.05) is 19.1 Å². The summed E-state index contributed by atoms with van der Waals surface area (Å²) in [4.78, 5) is 2.55. The van der Waals surface area contributed by atoms with E-state index >= 15 is 0 Å². The van der Waals surface area contributed by atoms with Crippen LogP contribution >= 0.6 is 11.8 Å². The summed E-state index contributed by atoms with van der Waals surface area (Å²) in [6.45, 7) is 4.90. The maximum atomic E-state index is 6.27. The van der Waals surface area contributed by atoms with Gasteiger partial charge in [0.15, 0.2) is 0 Å². The normalized spacial score (nSPS) is 30.3. The lowest BCUT2D eigenvalue weighted by Crippen LogP contribution is -2.61. The predicted octanol–water partition coefficient (Wildman–Crippen LogP) is 2.89. The molecule has 3 nitrogen and oxygen atoms in total. The Labute approximate surface area is 125 Å². The van der Waals surface area contributed by atoms with E-state index in [1.165, 1.54) is 24.3 Å². The molecule has 3 rings (SSSR count). The summed E-state index contributed by atoms with van der Waals surface area (Å²) in [5.74, 6) is 2.27. The molecule has 2 aliphatic heterocycles. The van der Waals surface area contributed by atoms with Crippen molar-refractivity contribution < 1.29 is 4.74 Å². The van der Waals surface area contributed by atoms with E-state index < -0.39 is 0 Å². The number of para-hydroxylation sites is 2. The largest absolute Gasteiger partial charge is 0.491 e. The zero-order chi connectivity index (χ0) is 14.0. The second-order valence-electron chi connectivity index (χ2n) is 5.75. The number of ether oxygens (including phenoxy) is 1. The monoisotopic (exact) mass is 292 g/mol. The van der Waals surface area contributed by atoms with Crippen LogP contribution in [0.1, 0.15) is 26.2 Å². The van der Waals surface area contributed by atoms with Gasteiger partial charge < -0.3 is 15.4 Å². The summed E-state index contributed by atoms with van der Waals surface area (Å²) >= 11 is 2.06. The van der Waals surface area contributed by atoms with E-state index in [4.69, 9.17) is 10.5 Å². The Morgan fingerprint density at radius 2 is 2.25 bits per heavy atom. The minimum Gasteiger partial charge on any atom is -0.491 e. The van der Waals surface area contributed by atoms with E-state index in [1.54, 1.807) is 0 Å². The summed E-state index contributed by atoms with van der Waals surface area (Å²) in [6, 6.07) is 8.42. The van der Waals surface area contributed by atoms with Gasteiger partial charge in [0.2, 0.25) is 0 Å². The van der Waals surface area contributed by atoms with Crippen molar-refractivity contribution in [3.63, 3.8) is 0 Å². The number of benzene rings is 1. The number of fused-ring (bicyclic) bond motifs is 1. The molecule has 110 valence electrons. The van der Waals surface area contributed by atoms with Crippen LogP contribution < -0.4 is 15.4 Å². The van der Waals surface area contributed by atoms with Crippen molar-refractivity contribution in [3.05, 3.63) is 24.3 Å². The first-order valence-corrected chi connectivity index (χ1v) is 8.64. The van der Waals surface area contributed by atoms with E-state index in [0.717, 1.165) is 31.9 Å². The van der Waals surface area contributed by atoms with Crippen molar-refractivity contribution in [1.82, 2.24) is 0 Å². The van der Waals surface area contributed by atoms with Crippen LogP contribution in [0.15, 0.2) is 24.3 Å². The Kier molecular flexibility index (Phi) is 4.13. The molecular formula is C16H24N2OS. The van der Waals surface area contributed by atoms with Gasteiger partial charge in [0, 0.05) is 18.3 Å². The fourth-order valence-electron chi connectivity index (χ4n) is 3.52. The molecule has 0 radical (unpaired) electrons. The highest BCUT2D eigenvalue weighted by Crippen LogP contribution is 2.43. The maximum Gasteiger partial charge on any atom is 0.142 e. The smallest absolute Gasteiger partial charge is 0.142 e. The first-order valence-electron chi connectivity index (χ1n) is 7.59. The first-order chi connectivity index (χ1) is 9.78. The molecule has 2 unspecified atom stereocenters. The first kappa shape index (κ1) is 14.1. The Balaban J connectivity index is 2.02. The molecule has 1 aromatic carbocycles. The van der Waals surface area contributed by atoms with Crippen LogP contribution in [0.2, 0.25) is 0 Å². The maximum absolute atomic E-state index is 6.27. The third-order valence-corrected chi connectivity index (χ3v) is 6.17. The molecule has 0 aliphatic carbocycles. The van der Waals surface area contributed by atoms with Crippen LogP contribution in [0, 0.1) is 0 Å². The number of thioether (sulfide) groups is 1. The lowest BCUT2D eigenvalue weighted by molar-refractivity contribution is 0.317. The van der Waals surface area contributed by atoms with Crippen molar-refractivity contribution in [2.24, 2.45) is 5.73 Å². The van der Waals surface area contributed by atoms with Crippen LogP contribution in [0.5, 0.6) is 5.75 Å². The molecule has 0 saturated carbocycles. The summed E-state index contributed by atoms with van der Waals surface area (Å²) < 4.78 is 5.90. The Morgan fingerprint density at radius 3 is 3.05 bits per heavy atom. The SMILES string of the molecule is CC1SCCCC1(CN)N1CCCOc2ccccc21. The molecule has 0 aromatic heterocycles. The molecule has 2 heterocycles. The third kappa shape index (κ3) is 2.29. The van der Waals surface area contributed by atoms with Gasteiger partial charge in [0.1, 0.15) is 5.75 Å².